The number of hydrogen-bond acceptors (Lipinski definition) is 4. The Morgan fingerprint density at radius 1 is 1.32 bits per heavy atom. The van der Waals surface area contributed by atoms with E-state index in [1.54, 1.807) is 13.0 Å². The number of anilines is 2. The fourth-order valence-electron chi connectivity index (χ4n) is 3.04. The van der Waals surface area contributed by atoms with Gasteiger partial charge in [-0.05, 0) is 49.1 Å². The molecule has 1 aliphatic rings. The summed E-state index contributed by atoms with van der Waals surface area (Å²) in [6.07, 6.45) is 2.08. The molecule has 2 amide bonds. The van der Waals surface area contributed by atoms with Gasteiger partial charge in [-0.15, -0.1) is 0 Å². The van der Waals surface area contributed by atoms with Gasteiger partial charge in [0.25, 0.3) is 5.69 Å². The third-order valence-corrected chi connectivity index (χ3v) is 4.28. The molecule has 0 saturated carbocycles. The van der Waals surface area contributed by atoms with Gasteiger partial charge in [0.2, 0.25) is 0 Å². The fourth-order valence-corrected chi connectivity index (χ4v) is 3.04. The zero-order valence-electron chi connectivity index (χ0n) is 14.0. The van der Waals surface area contributed by atoms with Crippen LogP contribution in [0.2, 0.25) is 0 Å². The van der Waals surface area contributed by atoms with Crippen LogP contribution in [0.4, 0.5) is 21.9 Å². The highest BCUT2D eigenvalue weighted by molar-refractivity contribution is 5.89. The maximum Gasteiger partial charge on any atom is 0.319 e. The van der Waals surface area contributed by atoms with Gasteiger partial charge in [-0.25, -0.2) is 4.79 Å². The van der Waals surface area contributed by atoms with Crippen molar-refractivity contribution in [1.82, 2.24) is 5.32 Å². The van der Waals surface area contributed by atoms with Crippen molar-refractivity contribution >= 4 is 23.1 Å². The number of urea groups is 1. The second kappa shape index (κ2) is 7.21. The Kier molecular flexibility index (Phi) is 4.83. The topological polar surface area (TPSA) is 96.3 Å². The van der Waals surface area contributed by atoms with E-state index < -0.39 is 4.92 Å². The van der Waals surface area contributed by atoms with E-state index in [-0.39, 0.29) is 11.7 Å². The summed E-state index contributed by atoms with van der Waals surface area (Å²) in [7, 11) is 0. The van der Waals surface area contributed by atoms with Crippen LogP contribution in [0.15, 0.2) is 36.4 Å². The lowest BCUT2D eigenvalue weighted by Gasteiger charge is -2.21. The first-order valence-electron chi connectivity index (χ1n) is 8.19. The van der Waals surface area contributed by atoms with Crippen molar-refractivity contribution in [3.8, 4) is 0 Å². The van der Waals surface area contributed by atoms with Crippen LogP contribution in [-0.2, 0) is 13.0 Å². The Bertz CT molecular complexity index is 820. The SMILES string of the molecule is Cc1cc(NC(=O)NCc2cccc3c2CCCN3)ccc1[N+](=O)[O-]. The minimum Gasteiger partial charge on any atom is -0.385 e. The first-order valence-corrected chi connectivity index (χ1v) is 8.19. The standard InChI is InChI=1S/C18H20N4O3/c1-12-10-14(7-8-17(12)22(24)25)21-18(23)20-11-13-4-2-6-16-15(13)5-3-9-19-16/h2,4,6-8,10,19H,3,5,9,11H2,1H3,(H2,20,21,23). The second-order valence-corrected chi connectivity index (χ2v) is 6.04. The quantitative estimate of drug-likeness (QED) is 0.585. The highest BCUT2D eigenvalue weighted by atomic mass is 16.6. The van der Waals surface area contributed by atoms with Crippen LogP contribution in [0.25, 0.3) is 0 Å². The van der Waals surface area contributed by atoms with E-state index in [4.69, 9.17) is 0 Å². The molecule has 0 radical (unpaired) electrons. The average Bonchev–Trinajstić information content (AvgIpc) is 2.59. The van der Waals surface area contributed by atoms with E-state index in [9.17, 15) is 14.9 Å². The van der Waals surface area contributed by atoms with Crippen LogP contribution in [0.1, 0.15) is 23.1 Å². The Hall–Kier alpha value is -3.09. The van der Waals surface area contributed by atoms with Gasteiger partial charge in [0.05, 0.1) is 4.92 Å². The number of nitro benzene ring substituents is 1. The maximum absolute atomic E-state index is 12.1. The molecule has 2 aromatic carbocycles. The third kappa shape index (κ3) is 3.88. The van der Waals surface area contributed by atoms with E-state index in [0.717, 1.165) is 30.6 Å². The molecule has 0 unspecified atom stereocenters. The number of aryl methyl sites for hydroxylation is 1. The summed E-state index contributed by atoms with van der Waals surface area (Å²) < 4.78 is 0. The van der Waals surface area contributed by atoms with Gasteiger partial charge < -0.3 is 16.0 Å². The molecule has 2 aromatic rings. The van der Waals surface area contributed by atoms with Crippen molar-refractivity contribution in [1.29, 1.82) is 0 Å². The zero-order valence-corrected chi connectivity index (χ0v) is 14.0. The van der Waals surface area contributed by atoms with Crippen LogP contribution in [-0.4, -0.2) is 17.5 Å². The molecule has 0 atom stereocenters. The monoisotopic (exact) mass is 340 g/mol. The molecule has 0 saturated heterocycles. The minimum atomic E-state index is -0.439. The van der Waals surface area contributed by atoms with E-state index in [1.807, 2.05) is 12.1 Å². The highest BCUT2D eigenvalue weighted by Crippen LogP contribution is 2.25. The first-order chi connectivity index (χ1) is 12.0. The molecule has 3 rings (SSSR count). The minimum absolute atomic E-state index is 0.0365. The first kappa shape index (κ1) is 16.8. The van der Waals surface area contributed by atoms with Crippen LogP contribution in [0.3, 0.4) is 0 Å². The molecule has 0 spiro atoms. The molecule has 3 N–H and O–H groups in total. The van der Waals surface area contributed by atoms with Crippen LogP contribution < -0.4 is 16.0 Å². The largest absolute Gasteiger partial charge is 0.385 e. The van der Waals surface area contributed by atoms with Crippen molar-refractivity contribution in [3.05, 3.63) is 63.2 Å². The smallest absolute Gasteiger partial charge is 0.319 e. The zero-order chi connectivity index (χ0) is 17.8. The molecule has 0 fully saturated rings. The molecule has 1 heterocycles. The van der Waals surface area contributed by atoms with Gasteiger partial charge in [0, 0.05) is 36.1 Å². The van der Waals surface area contributed by atoms with Gasteiger partial charge >= 0.3 is 6.03 Å². The number of rotatable bonds is 4. The van der Waals surface area contributed by atoms with Gasteiger partial charge in [-0.3, -0.25) is 10.1 Å². The summed E-state index contributed by atoms with van der Waals surface area (Å²) in [4.78, 5) is 22.5. The number of nitrogens with one attached hydrogen (secondary N) is 3. The molecule has 130 valence electrons. The van der Waals surface area contributed by atoms with E-state index in [2.05, 4.69) is 22.0 Å². The molecule has 7 nitrogen and oxygen atoms in total. The normalized spacial score (nSPS) is 12.7. The Balaban J connectivity index is 1.62. The number of hydrogen-bond donors (Lipinski definition) is 3. The summed E-state index contributed by atoms with van der Waals surface area (Å²) in [6, 6.07) is 10.2. The van der Waals surface area contributed by atoms with Crippen molar-refractivity contribution < 1.29 is 9.72 Å². The fraction of sp³-hybridized carbons (Fsp3) is 0.278. The molecule has 0 bridgehead atoms. The Morgan fingerprint density at radius 3 is 2.92 bits per heavy atom. The number of nitrogens with zero attached hydrogens (tertiary/aromatic N) is 1. The van der Waals surface area contributed by atoms with Gasteiger partial charge in [0.15, 0.2) is 0 Å². The van der Waals surface area contributed by atoms with Crippen molar-refractivity contribution in [2.24, 2.45) is 0 Å². The van der Waals surface area contributed by atoms with Crippen molar-refractivity contribution in [3.63, 3.8) is 0 Å². The predicted octanol–water partition coefficient (Wildman–Crippen LogP) is 3.58. The highest BCUT2D eigenvalue weighted by Gasteiger charge is 2.14. The maximum atomic E-state index is 12.1. The van der Waals surface area contributed by atoms with Gasteiger partial charge in [-0.2, -0.15) is 0 Å². The van der Waals surface area contributed by atoms with E-state index >= 15 is 0 Å². The molecule has 0 aromatic heterocycles. The summed E-state index contributed by atoms with van der Waals surface area (Å²) in [5.74, 6) is 0. The van der Waals surface area contributed by atoms with Crippen LogP contribution in [0, 0.1) is 17.0 Å². The van der Waals surface area contributed by atoms with Crippen molar-refractivity contribution in [2.45, 2.75) is 26.3 Å². The predicted molar refractivity (Wildman–Crippen MR) is 96.9 cm³/mol. The molecular formula is C18H20N4O3. The number of nitro groups is 1. The molecular weight excluding hydrogens is 320 g/mol. The van der Waals surface area contributed by atoms with Gasteiger partial charge in [0.1, 0.15) is 0 Å². The Labute approximate surface area is 145 Å². The summed E-state index contributed by atoms with van der Waals surface area (Å²) in [5.41, 5.74) is 4.55. The average molecular weight is 340 g/mol. The molecule has 1 aliphatic heterocycles. The van der Waals surface area contributed by atoms with Crippen molar-refractivity contribution in [2.75, 3.05) is 17.2 Å². The number of carbonyl (C=O) groups is 1. The number of amides is 2. The summed E-state index contributed by atoms with van der Waals surface area (Å²) >= 11 is 0. The Morgan fingerprint density at radius 2 is 2.16 bits per heavy atom. The summed E-state index contributed by atoms with van der Waals surface area (Å²) in [6.45, 7) is 3.05. The number of fused-ring (bicyclic) bond motifs is 1. The number of carbonyl (C=O) groups excluding carboxylic acids is 1. The lowest BCUT2D eigenvalue weighted by molar-refractivity contribution is -0.385. The molecule has 0 aliphatic carbocycles. The molecule has 25 heavy (non-hydrogen) atoms. The van der Waals surface area contributed by atoms with Crippen LogP contribution >= 0.6 is 0 Å². The molecule has 7 heteroatoms. The van der Waals surface area contributed by atoms with Crippen LogP contribution in [0.5, 0.6) is 0 Å². The summed E-state index contributed by atoms with van der Waals surface area (Å²) in [5, 5.41) is 19.8. The number of benzene rings is 2. The second-order valence-electron chi connectivity index (χ2n) is 6.04. The lowest BCUT2D eigenvalue weighted by atomic mass is 9.97. The van der Waals surface area contributed by atoms with Gasteiger partial charge in [-0.1, -0.05) is 12.1 Å². The lowest BCUT2D eigenvalue weighted by Crippen LogP contribution is -2.29. The van der Waals surface area contributed by atoms with E-state index in [1.165, 1.54) is 17.7 Å². The van der Waals surface area contributed by atoms with E-state index in [0.29, 0.717) is 17.8 Å². The third-order valence-electron chi connectivity index (χ3n) is 4.28.